The molecule has 2 aromatic carbocycles. The zero-order valence-electron chi connectivity index (χ0n) is 22.4. The van der Waals surface area contributed by atoms with E-state index in [1.807, 2.05) is 60.7 Å². The van der Waals surface area contributed by atoms with Gasteiger partial charge in [0.25, 0.3) is 5.56 Å². The summed E-state index contributed by atoms with van der Waals surface area (Å²) in [6, 6.07) is 18.6. The van der Waals surface area contributed by atoms with E-state index in [1.54, 1.807) is 6.92 Å². The van der Waals surface area contributed by atoms with Crippen molar-refractivity contribution in [2.45, 2.75) is 56.4 Å². The number of carboxylic acids is 1. The minimum atomic E-state index is -5.08. The standard InChI is InChI=1S/C26H29N3O6.C2HF3O2/c1-16-12-29(25(32)28-23(16)31)24-19-20(27)21(30)26(35-24,15-33-13-17-8-4-2-5-9-17)22(19)34-14-18-10-6-3-7-11-18;3-2(4,5)1(6)7/h2-12,19-22,24,30H,13-15,27H2,1H3,(H,28,31,32);(H,6,7)/t19-,20+,21+,22+,24-,26+;/m1./s1. The van der Waals surface area contributed by atoms with Crippen LogP contribution in [-0.4, -0.2) is 62.4 Å². The summed E-state index contributed by atoms with van der Waals surface area (Å²) in [4.78, 5) is 35.8. The first-order valence-electron chi connectivity index (χ1n) is 12.9. The number of aromatic nitrogens is 2. The van der Waals surface area contributed by atoms with E-state index in [0.717, 1.165) is 11.1 Å². The molecule has 3 aromatic rings. The Morgan fingerprint density at radius 1 is 1.07 bits per heavy atom. The van der Waals surface area contributed by atoms with Crippen LogP contribution in [0, 0.1) is 12.8 Å². The second-order valence-corrected chi connectivity index (χ2v) is 10.0. The second kappa shape index (κ2) is 12.6. The average molecular weight is 594 g/mol. The van der Waals surface area contributed by atoms with Gasteiger partial charge >= 0.3 is 17.8 Å². The predicted molar refractivity (Wildman–Crippen MR) is 141 cm³/mol. The Morgan fingerprint density at radius 2 is 1.62 bits per heavy atom. The number of ether oxygens (including phenoxy) is 3. The molecule has 226 valence electrons. The number of benzene rings is 2. The topological polar surface area (TPSA) is 166 Å². The van der Waals surface area contributed by atoms with Gasteiger partial charge in [-0.05, 0) is 18.1 Å². The lowest BCUT2D eigenvalue weighted by Crippen LogP contribution is -2.57. The van der Waals surface area contributed by atoms with Crippen LogP contribution in [0.2, 0.25) is 0 Å². The molecule has 2 aliphatic rings. The van der Waals surface area contributed by atoms with Crippen molar-refractivity contribution in [3.8, 4) is 0 Å². The summed E-state index contributed by atoms with van der Waals surface area (Å²) in [5, 5.41) is 18.3. The Hall–Kier alpha value is -3.82. The number of nitrogens with one attached hydrogen (secondary N) is 1. The van der Waals surface area contributed by atoms with Gasteiger partial charge in [0.1, 0.15) is 24.0 Å². The van der Waals surface area contributed by atoms with E-state index < -0.39 is 59.4 Å². The highest BCUT2D eigenvalue weighted by molar-refractivity contribution is 5.73. The third-order valence-corrected chi connectivity index (χ3v) is 7.18. The fraction of sp³-hybridized carbons (Fsp3) is 0.393. The number of H-pyrrole nitrogens is 1. The van der Waals surface area contributed by atoms with Gasteiger partial charge in [0.15, 0.2) is 0 Å². The van der Waals surface area contributed by atoms with Crippen molar-refractivity contribution in [3.63, 3.8) is 0 Å². The van der Waals surface area contributed by atoms with Crippen LogP contribution < -0.4 is 17.0 Å². The highest BCUT2D eigenvalue weighted by Crippen LogP contribution is 2.53. The molecule has 0 radical (unpaired) electrons. The number of aliphatic hydroxyl groups is 1. The molecular formula is C28H30F3N3O8. The molecular weight excluding hydrogens is 563 g/mol. The van der Waals surface area contributed by atoms with Gasteiger partial charge < -0.3 is 30.2 Å². The summed E-state index contributed by atoms with van der Waals surface area (Å²) in [7, 11) is 0. The Balaban J connectivity index is 0.000000517. The van der Waals surface area contributed by atoms with Crippen LogP contribution in [0.1, 0.15) is 22.9 Å². The van der Waals surface area contributed by atoms with Crippen molar-refractivity contribution in [1.82, 2.24) is 9.55 Å². The number of nitrogens with two attached hydrogens (primary N) is 1. The Kier molecular flexibility index (Phi) is 9.33. The SMILES string of the molecule is Cc1cn([C@@H]2O[C@@]3(COCc4ccccc4)[C@@H](O)[C@@H](N)[C@@H]2[C@@H]3OCc2ccccc2)c(=O)[nH]c1=O.O=C(O)C(F)(F)F. The number of aryl methyl sites for hydroxylation is 1. The van der Waals surface area contributed by atoms with Crippen LogP contribution in [0.15, 0.2) is 76.4 Å². The Labute approximate surface area is 237 Å². The van der Waals surface area contributed by atoms with Crippen molar-refractivity contribution in [2.75, 3.05) is 6.61 Å². The second-order valence-electron chi connectivity index (χ2n) is 10.0. The van der Waals surface area contributed by atoms with Crippen molar-refractivity contribution in [2.24, 2.45) is 11.7 Å². The van der Waals surface area contributed by atoms with Crippen LogP contribution in [0.3, 0.4) is 0 Å². The van der Waals surface area contributed by atoms with E-state index >= 15 is 0 Å². The van der Waals surface area contributed by atoms with E-state index in [2.05, 4.69) is 4.98 Å². The minimum absolute atomic E-state index is 0.0142. The van der Waals surface area contributed by atoms with E-state index in [1.165, 1.54) is 10.8 Å². The summed E-state index contributed by atoms with van der Waals surface area (Å²) in [5.74, 6) is -3.30. The number of hydrogen-bond acceptors (Lipinski definition) is 8. The van der Waals surface area contributed by atoms with Crippen LogP contribution in [0.25, 0.3) is 0 Å². The zero-order chi connectivity index (χ0) is 30.7. The molecule has 1 saturated carbocycles. The lowest BCUT2D eigenvalue weighted by molar-refractivity contribution is -0.210. The zero-order valence-corrected chi connectivity index (χ0v) is 22.4. The molecule has 2 heterocycles. The number of alkyl halides is 3. The van der Waals surface area contributed by atoms with Gasteiger partial charge in [-0.15, -0.1) is 0 Å². The van der Waals surface area contributed by atoms with Gasteiger partial charge in [-0.1, -0.05) is 60.7 Å². The average Bonchev–Trinajstić information content (AvgIpc) is 3.37. The van der Waals surface area contributed by atoms with Crippen molar-refractivity contribution < 1.29 is 42.4 Å². The molecule has 0 spiro atoms. The summed E-state index contributed by atoms with van der Waals surface area (Å²) in [6.07, 6.45) is -6.18. The molecule has 11 nitrogen and oxygen atoms in total. The van der Waals surface area contributed by atoms with Crippen molar-refractivity contribution >= 4 is 5.97 Å². The molecule has 2 fully saturated rings. The molecule has 2 bridgehead atoms. The Morgan fingerprint density at radius 3 is 2.17 bits per heavy atom. The summed E-state index contributed by atoms with van der Waals surface area (Å²) < 4.78 is 51.8. The number of rotatable bonds is 8. The maximum Gasteiger partial charge on any atom is 0.490 e. The Bertz CT molecular complexity index is 1480. The van der Waals surface area contributed by atoms with Crippen LogP contribution in [0.4, 0.5) is 13.2 Å². The summed E-state index contributed by atoms with van der Waals surface area (Å²) in [6.45, 7) is 2.21. The monoisotopic (exact) mass is 593 g/mol. The number of nitrogens with zero attached hydrogens (tertiary/aromatic N) is 1. The number of halogens is 3. The molecule has 1 aliphatic carbocycles. The molecule has 6 atom stereocenters. The molecule has 1 aliphatic heterocycles. The number of carboxylic acid groups (broad SMARTS) is 1. The van der Waals surface area contributed by atoms with Crippen LogP contribution in [-0.2, 0) is 32.2 Å². The molecule has 5 rings (SSSR count). The molecule has 1 saturated heterocycles. The highest BCUT2D eigenvalue weighted by Gasteiger charge is 2.70. The van der Waals surface area contributed by atoms with Gasteiger partial charge in [0, 0.05) is 17.8 Å². The van der Waals surface area contributed by atoms with Crippen molar-refractivity contribution in [1.29, 1.82) is 0 Å². The molecule has 42 heavy (non-hydrogen) atoms. The van der Waals surface area contributed by atoms with Gasteiger partial charge in [-0.3, -0.25) is 14.3 Å². The van der Waals surface area contributed by atoms with Crippen molar-refractivity contribution in [3.05, 3.63) is 104 Å². The first kappa shape index (κ1) is 31.1. The number of aliphatic hydroxyl groups excluding tert-OH is 1. The predicted octanol–water partition coefficient (Wildman–Crippen LogP) is 1.87. The minimum Gasteiger partial charge on any atom is -0.475 e. The number of hydrogen-bond donors (Lipinski definition) is 4. The van der Waals surface area contributed by atoms with E-state index in [-0.39, 0.29) is 13.2 Å². The van der Waals surface area contributed by atoms with Gasteiger partial charge in [0.05, 0.1) is 25.7 Å². The molecule has 14 heteroatoms. The first-order chi connectivity index (χ1) is 19.8. The quantitative estimate of drug-likeness (QED) is 0.305. The fourth-order valence-corrected chi connectivity index (χ4v) is 5.15. The maximum atomic E-state index is 12.7. The summed E-state index contributed by atoms with van der Waals surface area (Å²) in [5.41, 5.74) is 6.41. The highest BCUT2D eigenvalue weighted by atomic mass is 19.4. The van der Waals surface area contributed by atoms with E-state index in [4.69, 9.17) is 29.8 Å². The fourth-order valence-electron chi connectivity index (χ4n) is 5.15. The van der Waals surface area contributed by atoms with Gasteiger partial charge in [0.2, 0.25) is 0 Å². The van der Waals surface area contributed by atoms with Crippen LogP contribution in [0.5, 0.6) is 0 Å². The third kappa shape index (κ3) is 6.47. The smallest absolute Gasteiger partial charge is 0.475 e. The number of fused-ring (bicyclic) bond motifs is 2. The maximum absolute atomic E-state index is 12.7. The summed E-state index contributed by atoms with van der Waals surface area (Å²) >= 11 is 0. The molecule has 1 aromatic heterocycles. The van der Waals surface area contributed by atoms with Gasteiger partial charge in [-0.2, -0.15) is 13.2 Å². The first-order valence-corrected chi connectivity index (χ1v) is 12.9. The lowest BCUT2D eigenvalue weighted by Gasteiger charge is -2.38. The van der Waals surface area contributed by atoms with E-state index in [9.17, 15) is 27.9 Å². The van der Waals surface area contributed by atoms with Crippen LogP contribution >= 0.6 is 0 Å². The number of aliphatic carboxylic acids is 1. The molecule has 5 N–H and O–H groups in total. The van der Waals surface area contributed by atoms with E-state index in [0.29, 0.717) is 12.2 Å². The third-order valence-electron chi connectivity index (χ3n) is 7.18. The van der Waals surface area contributed by atoms with Gasteiger partial charge in [-0.25, -0.2) is 9.59 Å². The number of carbonyl (C=O) groups is 1. The normalized spacial score (nSPS) is 26.5. The molecule has 0 unspecified atom stereocenters. The number of aromatic amines is 1. The largest absolute Gasteiger partial charge is 0.490 e. The molecule has 0 amide bonds. The lowest BCUT2D eigenvalue weighted by atomic mass is 9.98.